The van der Waals surface area contributed by atoms with Crippen LogP contribution in [0.3, 0.4) is 0 Å². The molecule has 0 aliphatic heterocycles. The van der Waals surface area contributed by atoms with Crippen molar-refractivity contribution in [3.63, 3.8) is 0 Å². The van der Waals surface area contributed by atoms with Gasteiger partial charge >= 0.3 is 0 Å². The molecule has 2 N–H and O–H groups in total. The highest BCUT2D eigenvalue weighted by molar-refractivity contribution is 5.75. The molecule has 0 bridgehead atoms. The number of amides is 1. The smallest absolute Gasteiger partial charge is 0.241 e. The van der Waals surface area contributed by atoms with E-state index < -0.39 is 0 Å². The Bertz CT molecular complexity index is 307. The van der Waals surface area contributed by atoms with Gasteiger partial charge in [-0.05, 0) is 23.3 Å². The first-order valence-corrected chi connectivity index (χ1v) is 5.05. The summed E-state index contributed by atoms with van der Waals surface area (Å²) in [4.78, 5) is 11.3. The third-order valence-electron chi connectivity index (χ3n) is 2.15. The molecule has 1 aliphatic rings. The molecule has 1 aliphatic carbocycles. The molecule has 1 aromatic heterocycles. The molecule has 7 nitrogen and oxygen atoms in total. The standard InChI is InChI=1S/C8H14N6O/c15-8(5-14-6-11-12-13-14)10-4-3-9-7-1-2-7/h6-7,9H,1-5H2,(H,10,15). The first-order valence-electron chi connectivity index (χ1n) is 5.05. The summed E-state index contributed by atoms with van der Waals surface area (Å²) in [5, 5.41) is 16.6. The summed E-state index contributed by atoms with van der Waals surface area (Å²) in [6.07, 6.45) is 3.94. The van der Waals surface area contributed by atoms with Gasteiger partial charge in [-0.15, -0.1) is 5.10 Å². The van der Waals surface area contributed by atoms with Crippen molar-refractivity contribution in [1.82, 2.24) is 30.8 Å². The number of carbonyl (C=O) groups excluding carboxylic acids is 1. The first-order chi connectivity index (χ1) is 7.34. The van der Waals surface area contributed by atoms with Crippen molar-refractivity contribution in [3.8, 4) is 0 Å². The zero-order chi connectivity index (χ0) is 10.5. The molecular formula is C8H14N6O. The number of aromatic nitrogens is 4. The Balaban J connectivity index is 1.55. The van der Waals surface area contributed by atoms with E-state index in [1.54, 1.807) is 0 Å². The predicted octanol–water partition coefficient (Wildman–Crippen LogP) is -1.46. The number of carbonyl (C=O) groups is 1. The number of nitrogens with zero attached hydrogens (tertiary/aromatic N) is 4. The molecule has 0 unspecified atom stereocenters. The van der Waals surface area contributed by atoms with Gasteiger partial charge in [0.25, 0.3) is 0 Å². The predicted molar refractivity (Wildman–Crippen MR) is 51.9 cm³/mol. The van der Waals surface area contributed by atoms with Crippen LogP contribution in [0, 0.1) is 0 Å². The average molecular weight is 210 g/mol. The van der Waals surface area contributed by atoms with Crippen LogP contribution in [0.1, 0.15) is 12.8 Å². The van der Waals surface area contributed by atoms with Crippen LogP contribution in [0.2, 0.25) is 0 Å². The minimum absolute atomic E-state index is 0.0695. The van der Waals surface area contributed by atoms with Gasteiger partial charge in [0.2, 0.25) is 5.91 Å². The third kappa shape index (κ3) is 3.62. The summed E-state index contributed by atoms with van der Waals surface area (Å²) in [5.41, 5.74) is 0. The second-order valence-corrected chi connectivity index (χ2v) is 3.59. The molecule has 82 valence electrons. The van der Waals surface area contributed by atoms with Crippen molar-refractivity contribution in [2.45, 2.75) is 25.4 Å². The summed E-state index contributed by atoms with van der Waals surface area (Å²) >= 11 is 0. The van der Waals surface area contributed by atoms with Gasteiger partial charge in [0.05, 0.1) is 0 Å². The highest BCUT2D eigenvalue weighted by Gasteiger charge is 2.19. The maximum atomic E-state index is 11.3. The third-order valence-corrected chi connectivity index (χ3v) is 2.15. The van der Waals surface area contributed by atoms with Crippen molar-refractivity contribution >= 4 is 5.91 Å². The number of hydrogen-bond donors (Lipinski definition) is 2. The summed E-state index contributed by atoms with van der Waals surface area (Å²) in [6.45, 7) is 1.65. The SMILES string of the molecule is O=C(Cn1cnnn1)NCCNC1CC1. The lowest BCUT2D eigenvalue weighted by atomic mass is 10.5. The van der Waals surface area contributed by atoms with E-state index in [9.17, 15) is 4.79 Å². The lowest BCUT2D eigenvalue weighted by Crippen LogP contribution is -2.34. The summed E-state index contributed by atoms with van der Waals surface area (Å²) in [6, 6.07) is 0.682. The van der Waals surface area contributed by atoms with Gasteiger partial charge in [0.1, 0.15) is 12.9 Å². The second-order valence-electron chi connectivity index (χ2n) is 3.59. The van der Waals surface area contributed by atoms with E-state index in [-0.39, 0.29) is 12.5 Å². The molecule has 1 aromatic rings. The van der Waals surface area contributed by atoms with Crippen LogP contribution in [-0.2, 0) is 11.3 Å². The van der Waals surface area contributed by atoms with E-state index in [0.29, 0.717) is 12.6 Å². The molecule has 2 rings (SSSR count). The number of rotatable bonds is 6. The Morgan fingerprint density at radius 1 is 1.47 bits per heavy atom. The van der Waals surface area contributed by atoms with E-state index in [4.69, 9.17) is 0 Å². The van der Waals surface area contributed by atoms with Crippen LogP contribution in [0.15, 0.2) is 6.33 Å². The van der Waals surface area contributed by atoms with Gasteiger partial charge < -0.3 is 10.6 Å². The normalized spacial score (nSPS) is 15.2. The van der Waals surface area contributed by atoms with Crippen LogP contribution in [-0.4, -0.2) is 45.2 Å². The molecule has 1 heterocycles. The number of hydrogen-bond acceptors (Lipinski definition) is 5. The molecule has 0 spiro atoms. The van der Waals surface area contributed by atoms with Crippen LogP contribution < -0.4 is 10.6 Å². The highest BCUT2D eigenvalue weighted by atomic mass is 16.2. The fourth-order valence-corrected chi connectivity index (χ4v) is 1.22. The molecule has 1 saturated carbocycles. The Morgan fingerprint density at radius 3 is 3.00 bits per heavy atom. The van der Waals surface area contributed by atoms with Gasteiger partial charge in [-0.1, -0.05) is 0 Å². The van der Waals surface area contributed by atoms with E-state index in [0.717, 1.165) is 6.54 Å². The lowest BCUT2D eigenvalue weighted by molar-refractivity contribution is -0.121. The van der Waals surface area contributed by atoms with Crippen LogP contribution >= 0.6 is 0 Å². The quantitative estimate of drug-likeness (QED) is 0.561. The van der Waals surface area contributed by atoms with Gasteiger partial charge in [-0.3, -0.25) is 4.79 Å². The van der Waals surface area contributed by atoms with E-state index in [1.165, 1.54) is 23.9 Å². The molecule has 1 fully saturated rings. The van der Waals surface area contributed by atoms with Crippen LogP contribution in [0.5, 0.6) is 0 Å². The van der Waals surface area contributed by atoms with Crippen LogP contribution in [0.25, 0.3) is 0 Å². The molecule has 0 radical (unpaired) electrons. The number of nitrogens with one attached hydrogen (secondary N) is 2. The monoisotopic (exact) mass is 210 g/mol. The van der Waals surface area contributed by atoms with Crippen molar-refractivity contribution < 1.29 is 4.79 Å². The van der Waals surface area contributed by atoms with Crippen molar-refractivity contribution in [3.05, 3.63) is 6.33 Å². The summed E-state index contributed by atoms with van der Waals surface area (Å²) < 4.78 is 1.39. The molecule has 0 aromatic carbocycles. The Hall–Kier alpha value is -1.50. The average Bonchev–Trinajstić information content (AvgIpc) is 2.91. The molecule has 0 saturated heterocycles. The van der Waals surface area contributed by atoms with Gasteiger partial charge in [0.15, 0.2) is 0 Å². The van der Waals surface area contributed by atoms with Gasteiger partial charge in [-0.25, -0.2) is 4.68 Å². The van der Waals surface area contributed by atoms with E-state index >= 15 is 0 Å². The maximum Gasteiger partial charge on any atom is 0.241 e. The van der Waals surface area contributed by atoms with E-state index in [2.05, 4.69) is 26.2 Å². The molecule has 0 atom stereocenters. The Kier molecular flexibility index (Phi) is 3.23. The molecular weight excluding hydrogens is 196 g/mol. The molecule has 15 heavy (non-hydrogen) atoms. The van der Waals surface area contributed by atoms with Crippen molar-refractivity contribution in [2.24, 2.45) is 0 Å². The second kappa shape index (κ2) is 4.83. The summed E-state index contributed by atoms with van der Waals surface area (Å²) in [5.74, 6) is -0.0695. The topological polar surface area (TPSA) is 84.7 Å². The zero-order valence-electron chi connectivity index (χ0n) is 8.39. The number of tetrazole rings is 1. The van der Waals surface area contributed by atoms with Crippen LogP contribution in [0.4, 0.5) is 0 Å². The maximum absolute atomic E-state index is 11.3. The minimum atomic E-state index is -0.0695. The molecule has 1 amide bonds. The minimum Gasteiger partial charge on any atom is -0.353 e. The fraction of sp³-hybridized carbons (Fsp3) is 0.750. The van der Waals surface area contributed by atoms with Crippen molar-refractivity contribution in [2.75, 3.05) is 13.1 Å². The Labute approximate surface area is 87.2 Å². The largest absolute Gasteiger partial charge is 0.353 e. The Morgan fingerprint density at radius 2 is 2.33 bits per heavy atom. The summed E-state index contributed by atoms with van der Waals surface area (Å²) in [7, 11) is 0. The first kappa shape index (κ1) is 10.0. The lowest BCUT2D eigenvalue weighted by Gasteiger charge is -2.05. The fourth-order valence-electron chi connectivity index (χ4n) is 1.22. The highest BCUT2D eigenvalue weighted by Crippen LogP contribution is 2.17. The van der Waals surface area contributed by atoms with Gasteiger partial charge in [0, 0.05) is 19.1 Å². The molecule has 7 heteroatoms. The van der Waals surface area contributed by atoms with Crippen molar-refractivity contribution in [1.29, 1.82) is 0 Å². The van der Waals surface area contributed by atoms with E-state index in [1.807, 2.05) is 0 Å². The zero-order valence-corrected chi connectivity index (χ0v) is 8.39. The van der Waals surface area contributed by atoms with Gasteiger partial charge in [-0.2, -0.15) is 0 Å².